The van der Waals surface area contributed by atoms with Gasteiger partial charge in [0.15, 0.2) is 11.6 Å². The van der Waals surface area contributed by atoms with Crippen molar-refractivity contribution in [3.63, 3.8) is 0 Å². The molecule has 7 heteroatoms. The number of anilines is 2. The van der Waals surface area contributed by atoms with Gasteiger partial charge in [-0.25, -0.2) is 15.0 Å². The highest BCUT2D eigenvalue weighted by atomic mass is 35.5. The fraction of sp³-hybridized carbons (Fsp3) is 0.0714. The van der Waals surface area contributed by atoms with Gasteiger partial charge >= 0.3 is 0 Å². The third kappa shape index (κ3) is 3.12. The molecule has 3 rings (SSSR count). The van der Waals surface area contributed by atoms with Gasteiger partial charge < -0.3 is 10.1 Å². The first kappa shape index (κ1) is 13.8. The van der Waals surface area contributed by atoms with Crippen LogP contribution in [0.2, 0.25) is 4.34 Å². The van der Waals surface area contributed by atoms with E-state index < -0.39 is 0 Å². The Bertz CT molecular complexity index is 748. The van der Waals surface area contributed by atoms with E-state index >= 15 is 0 Å². The van der Waals surface area contributed by atoms with Gasteiger partial charge in [-0.2, -0.15) is 0 Å². The molecule has 0 aliphatic carbocycles. The van der Waals surface area contributed by atoms with Crippen LogP contribution >= 0.6 is 22.9 Å². The van der Waals surface area contributed by atoms with Crippen LogP contribution in [0.5, 0.6) is 5.75 Å². The van der Waals surface area contributed by atoms with Crippen LogP contribution in [0.4, 0.5) is 11.6 Å². The molecule has 3 aromatic rings. The number of halogens is 1. The number of ether oxygens (including phenoxy) is 1. The van der Waals surface area contributed by atoms with Gasteiger partial charge in [0, 0.05) is 6.20 Å². The van der Waals surface area contributed by atoms with E-state index in [0.29, 0.717) is 21.7 Å². The monoisotopic (exact) mass is 318 g/mol. The van der Waals surface area contributed by atoms with Crippen LogP contribution in [-0.2, 0) is 0 Å². The summed E-state index contributed by atoms with van der Waals surface area (Å²) in [4.78, 5) is 13.0. The number of methoxy groups -OCH3 is 1. The molecule has 0 amide bonds. The Morgan fingerprint density at radius 1 is 1.19 bits per heavy atom. The minimum absolute atomic E-state index is 0.583. The molecule has 3 heterocycles. The third-order valence-electron chi connectivity index (χ3n) is 2.69. The maximum absolute atomic E-state index is 5.92. The first-order valence-electron chi connectivity index (χ1n) is 6.11. The smallest absolute Gasteiger partial charge is 0.175 e. The summed E-state index contributed by atoms with van der Waals surface area (Å²) in [6.07, 6.45) is 3.32. The van der Waals surface area contributed by atoms with E-state index in [1.807, 2.05) is 30.3 Å². The summed E-state index contributed by atoms with van der Waals surface area (Å²) in [5.41, 5.74) is 0.728. The van der Waals surface area contributed by atoms with Crippen LogP contribution in [0.1, 0.15) is 0 Å². The second-order valence-electron chi connectivity index (χ2n) is 4.06. The molecule has 0 unspecified atom stereocenters. The molecular weight excluding hydrogens is 308 g/mol. The van der Waals surface area contributed by atoms with Gasteiger partial charge in [-0.1, -0.05) is 17.7 Å². The molecule has 1 N–H and O–H groups in total. The van der Waals surface area contributed by atoms with Crippen molar-refractivity contribution in [2.24, 2.45) is 0 Å². The lowest BCUT2D eigenvalue weighted by atomic mass is 10.3. The average molecular weight is 319 g/mol. The number of nitrogens with one attached hydrogen (secondary N) is 1. The lowest BCUT2D eigenvalue weighted by Gasteiger charge is -2.10. The van der Waals surface area contributed by atoms with Crippen molar-refractivity contribution >= 4 is 34.6 Å². The lowest BCUT2D eigenvalue weighted by Crippen LogP contribution is -1.99. The fourth-order valence-electron chi connectivity index (χ4n) is 1.75. The summed E-state index contributed by atoms with van der Waals surface area (Å²) in [6, 6.07) is 9.28. The van der Waals surface area contributed by atoms with Crippen LogP contribution < -0.4 is 10.1 Å². The molecule has 21 heavy (non-hydrogen) atoms. The molecule has 0 bridgehead atoms. The van der Waals surface area contributed by atoms with Crippen molar-refractivity contribution in [3.8, 4) is 16.5 Å². The van der Waals surface area contributed by atoms with Gasteiger partial charge in [-0.15, -0.1) is 11.3 Å². The van der Waals surface area contributed by atoms with Crippen molar-refractivity contribution in [3.05, 3.63) is 47.1 Å². The van der Waals surface area contributed by atoms with E-state index in [4.69, 9.17) is 16.3 Å². The molecule has 0 atom stereocenters. The topological polar surface area (TPSA) is 59.9 Å². The zero-order valence-corrected chi connectivity index (χ0v) is 12.6. The molecule has 0 saturated heterocycles. The highest BCUT2D eigenvalue weighted by Crippen LogP contribution is 2.31. The van der Waals surface area contributed by atoms with Crippen LogP contribution in [0, 0.1) is 0 Å². The Morgan fingerprint density at radius 3 is 2.76 bits per heavy atom. The summed E-state index contributed by atoms with van der Waals surface area (Å²) in [5.74, 6) is 1.91. The van der Waals surface area contributed by atoms with E-state index in [1.54, 1.807) is 19.5 Å². The molecule has 0 saturated carbocycles. The van der Waals surface area contributed by atoms with Gasteiger partial charge in [-0.05, 0) is 24.3 Å². The molecule has 5 nitrogen and oxygen atoms in total. The maximum atomic E-state index is 5.92. The van der Waals surface area contributed by atoms with Crippen LogP contribution in [-0.4, -0.2) is 22.1 Å². The second kappa shape index (κ2) is 6.07. The summed E-state index contributed by atoms with van der Waals surface area (Å²) < 4.78 is 5.94. The Kier molecular flexibility index (Phi) is 3.98. The number of pyridine rings is 2. The van der Waals surface area contributed by atoms with Gasteiger partial charge in [-0.3, -0.25) is 0 Å². The summed E-state index contributed by atoms with van der Waals surface area (Å²) in [7, 11) is 1.60. The highest BCUT2D eigenvalue weighted by Gasteiger charge is 2.11. The Labute approximate surface area is 130 Å². The first-order chi connectivity index (χ1) is 10.3. The van der Waals surface area contributed by atoms with Gasteiger partial charge in [0.25, 0.3) is 0 Å². The van der Waals surface area contributed by atoms with Crippen LogP contribution in [0.3, 0.4) is 0 Å². The van der Waals surface area contributed by atoms with Crippen molar-refractivity contribution in [2.75, 3.05) is 12.4 Å². The van der Waals surface area contributed by atoms with Gasteiger partial charge in [0.1, 0.15) is 20.9 Å². The third-order valence-corrected chi connectivity index (χ3v) is 3.82. The molecule has 0 radical (unpaired) electrons. The summed E-state index contributed by atoms with van der Waals surface area (Å²) in [6.45, 7) is 0. The molecule has 106 valence electrons. The summed E-state index contributed by atoms with van der Waals surface area (Å²) >= 11 is 7.29. The van der Waals surface area contributed by atoms with Crippen LogP contribution in [0.25, 0.3) is 10.7 Å². The molecule has 0 spiro atoms. The molecule has 3 aromatic heterocycles. The van der Waals surface area contributed by atoms with E-state index in [1.165, 1.54) is 11.3 Å². The Morgan fingerprint density at radius 2 is 2.10 bits per heavy atom. The Hall–Kier alpha value is -2.18. The number of rotatable bonds is 4. The van der Waals surface area contributed by atoms with Crippen molar-refractivity contribution in [1.82, 2.24) is 15.0 Å². The highest BCUT2D eigenvalue weighted by molar-refractivity contribution is 7.18. The predicted octanol–water partition coefficient (Wildman–Crippen LogP) is 4.01. The zero-order valence-electron chi connectivity index (χ0n) is 11.1. The zero-order chi connectivity index (χ0) is 14.7. The molecule has 0 fully saturated rings. The van der Waals surface area contributed by atoms with Gasteiger partial charge in [0.2, 0.25) is 0 Å². The van der Waals surface area contributed by atoms with E-state index in [0.717, 1.165) is 10.7 Å². The van der Waals surface area contributed by atoms with E-state index in [-0.39, 0.29) is 0 Å². The number of aromatic nitrogens is 3. The van der Waals surface area contributed by atoms with E-state index in [9.17, 15) is 0 Å². The largest absolute Gasteiger partial charge is 0.493 e. The summed E-state index contributed by atoms with van der Waals surface area (Å²) in [5, 5.41) is 3.89. The average Bonchev–Trinajstić information content (AvgIpc) is 2.95. The minimum Gasteiger partial charge on any atom is -0.493 e. The SMILES string of the molecule is COc1ccc(-c2ncc(Cl)s2)nc1Nc1ccccn1. The first-order valence-corrected chi connectivity index (χ1v) is 7.30. The molecular formula is C14H11ClN4OS. The second-order valence-corrected chi connectivity index (χ2v) is 5.72. The lowest BCUT2D eigenvalue weighted by molar-refractivity contribution is 0.415. The predicted molar refractivity (Wildman–Crippen MR) is 84.4 cm³/mol. The standard InChI is InChI=1S/C14H11ClN4OS/c1-20-10-6-5-9(14-17-8-11(15)21-14)18-13(10)19-12-4-2-3-7-16-12/h2-8H,1H3,(H,16,18,19). The van der Waals surface area contributed by atoms with Crippen molar-refractivity contribution in [2.45, 2.75) is 0 Å². The molecule has 0 aliphatic rings. The fourth-order valence-corrected chi connectivity index (χ4v) is 2.63. The number of hydrogen-bond acceptors (Lipinski definition) is 6. The number of thiazole rings is 1. The molecule has 0 aromatic carbocycles. The Balaban J connectivity index is 1.97. The van der Waals surface area contributed by atoms with Crippen molar-refractivity contribution in [1.29, 1.82) is 0 Å². The van der Waals surface area contributed by atoms with Crippen LogP contribution in [0.15, 0.2) is 42.7 Å². The molecule has 0 aliphatic heterocycles. The normalized spacial score (nSPS) is 10.4. The number of nitrogens with zero attached hydrogens (tertiary/aromatic N) is 3. The maximum Gasteiger partial charge on any atom is 0.175 e. The number of hydrogen-bond donors (Lipinski definition) is 1. The van der Waals surface area contributed by atoms with Crippen molar-refractivity contribution < 1.29 is 4.74 Å². The minimum atomic E-state index is 0.583. The van der Waals surface area contributed by atoms with E-state index in [2.05, 4.69) is 20.3 Å². The van der Waals surface area contributed by atoms with Gasteiger partial charge in [0.05, 0.1) is 13.3 Å². The quantitative estimate of drug-likeness (QED) is 0.787.